The standard InChI is InChI=1S/C21H20FNO2S/c1-16-7-13-20(14-8-16)26(24,25)23-15-21(17-5-3-2-4-6-17)18-9-11-19(22)12-10-18/h2-14,21,23H,15H2,1H3/t21-/m1/s1. The minimum atomic E-state index is -3.62. The number of rotatable bonds is 6. The van der Waals surface area contributed by atoms with Gasteiger partial charge in [-0.15, -0.1) is 0 Å². The molecule has 1 N–H and O–H groups in total. The van der Waals surface area contributed by atoms with E-state index in [0.29, 0.717) is 0 Å². The molecule has 0 radical (unpaired) electrons. The quantitative estimate of drug-likeness (QED) is 0.706. The maximum Gasteiger partial charge on any atom is 0.240 e. The predicted molar refractivity (Wildman–Crippen MR) is 101 cm³/mol. The van der Waals surface area contributed by atoms with Gasteiger partial charge in [0.15, 0.2) is 0 Å². The molecule has 1 atom stereocenters. The molecule has 134 valence electrons. The molecule has 0 saturated heterocycles. The third-order valence-corrected chi connectivity index (χ3v) is 5.72. The Morgan fingerprint density at radius 1 is 0.846 bits per heavy atom. The van der Waals surface area contributed by atoms with Crippen LogP contribution in [0.4, 0.5) is 4.39 Å². The molecule has 26 heavy (non-hydrogen) atoms. The van der Waals surface area contributed by atoms with Crippen molar-refractivity contribution in [3.05, 3.63) is 101 Å². The number of aryl methyl sites for hydroxylation is 1. The van der Waals surface area contributed by atoms with E-state index in [2.05, 4.69) is 4.72 Å². The van der Waals surface area contributed by atoms with Gasteiger partial charge in [0, 0.05) is 12.5 Å². The zero-order valence-corrected chi connectivity index (χ0v) is 15.2. The lowest BCUT2D eigenvalue weighted by Crippen LogP contribution is -2.29. The van der Waals surface area contributed by atoms with Crippen LogP contribution in [0.15, 0.2) is 83.8 Å². The van der Waals surface area contributed by atoms with Crippen LogP contribution in [0.2, 0.25) is 0 Å². The molecule has 0 aromatic heterocycles. The monoisotopic (exact) mass is 369 g/mol. The van der Waals surface area contributed by atoms with Gasteiger partial charge in [-0.1, -0.05) is 60.2 Å². The van der Waals surface area contributed by atoms with E-state index in [1.54, 1.807) is 36.4 Å². The van der Waals surface area contributed by atoms with Crippen LogP contribution in [-0.2, 0) is 10.0 Å². The third-order valence-electron chi connectivity index (χ3n) is 4.28. The van der Waals surface area contributed by atoms with Crippen LogP contribution >= 0.6 is 0 Å². The van der Waals surface area contributed by atoms with Gasteiger partial charge in [0.2, 0.25) is 10.0 Å². The van der Waals surface area contributed by atoms with Crippen molar-refractivity contribution in [3.63, 3.8) is 0 Å². The van der Waals surface area contributed by atoms with E-state index in [9.17, 15) is 12.8 Å². The van der Waals surface area contributed by atoms with E-state index in [-0.39, 0.29) is 23.2 Å². The summed E-state index contributed by atoms with van der Waals surface area (Å²) >= 11 is 0. The fraction of sp³-hybridized carbons (Fsp3) is 0.143. The second kappa shape index (κ2) is 7.81. The molecule has 0 amide bonds. The molecule has 0 fully saturated rings. The van der Waals surface area contributed by atoms with Crippen molar-refractivity contribution >= 4 is 10.0 Å². The first-order valence-corrected chi connectivity index (χ1v) is 9.81. The molecule has 0 spiro atoms. The van der Waals surface area contributed by atoms with Gasteiger partial charge in [-0.2, -0.15) is 0 Å². The van der Waals surface area contributed by atoms with Crippen LogP contribution in [0.3, 0.4) is 0 Å². The first-order chi connectivity index (χ1) is 12.5. The highest BCUT2D eigenvalue weighted by atomic mass is 32.2. The van der Waals surface area contributed by atoms with Gasteiger partial charge >= 0.3 is 0 Å². The molecular weight excluding hydrogens is 349 g/mol. The fourth-order valence-corrected chi connectivity index (χ4v) is 3.85. The lowest BCUT2D eigenvalue weighted by Gasteiger charge is -2.19. The minimum Gasteiger partial charge on any atom is -0.210 e. The minimum absolute atomic E-state index is 0.186. The summed E-state index contributed by atoms with van der Waals surface area (Å²) in [5.74, 6) is -0.530. The Morgan fingerprint density at radius 3 is 2.04 bits per heavy atom. The molecule has 0 aliphatic heterocycles. The molecule has 3 rings (SSSR count). The maximum absolute atomic E-state index is 13.3. The Morgan fingerprint density at radius 2 is 1.42 bits per heavy atom. The molecule has 3 nitrogen and oxygen atoms in total. The molecule has 0 aliphatic rings. The molecule has 0 aliphatic carbocycles. The van der Waals surface area contributed by atoms with Crippen molar-refractivity contribution in [2.75, 3.05) is 6.54 Å². The maximum atomic E-state index is 13.3. The van der Waals surface area contributed by atoms with E-state index in [1.807, 2.05) is 37.3 Å². The molecule has 3 aromatic carbocycles. The number of hydrogen-bond donors (Lipinski definition) is 1. The van der Waals surface area contributed by atoms with E-state index in [0.717, 1.165) is 16.7 Å². The molecule has 3 aromatic rings. The number of hydrogen-bond acceptors (Lipinski definition) is 2. The number of nitrogens with one attached hydrogen (secondary N) is 1. The van der Waals surface area contributed by atoms with Gasteiger partial charge < -0.3 is 0 Å². The Bertz CT molecular complexity index is 953. The molecule has 0 heterocycles. The van der Waals surface area contributed by atoms with Crippen molar-refractivity contribution in [3.8, 4) is 0 Å². The van der Waals surface area contributed by atoms with E-state index in [1.165, 1.54) is 12.1 Å². The van der Waals surface area contributed by atoms with Crippen molar-refractivity contribution in [1.82, 2.24) is 4.72 Å². The van der Waals surface area contributed by atoms with Crippen molar-refractivity contribution in [2.24, 2.45) is 0 Å². The second-order valence-electron chi connectivity index (χ2n) is 6.18. The van der Waals surface area contributed by atoms with Gasteiger partial charge in [-0.05, 0) is 42.3 Å². The summed E-state index contributed by atoms with van der Waals surface area (Å²) < 4.78 is 41.1. The summed E-state index contributed by atoms with van der Waals surface area (Å²) in [6.45, 7) is 2.09. The highest BCUT2D eigenvalue weighted by molar-refractivity contribution is 7.89. The molecule has 0 saturated carbocycles. The summed E-state index contributed by atoms with van der Waals surface area (Å²) in [6.07, 6.45) is 0. The van der Waals surface area contributed by atoms with Gasteiger partial charge in [-0.3, -0.25) is 0 Å². The Balaban J connectivity index is 1.86. The molecule has 5 heteroatoms. The average molecular weight is 369 g/mol. The largest absolute Gasteiger partial charge is 0.240 e. The molecule has 0 unspecified atom stereocenters. The van der Waals surface area contributed by atoms with Crippen LogP contribution in [0.25, 0.3) is 0 Å². The fourth-order valence-electron chi connectivity index (χ4n) is 2.80. The van der Waals surface area contributed by atoms with Crippen molar-refractivity contribution in [2.45, 2.75) is 17.7 Å². The summed E-state index contributed by atoms with van der Waals surface area (Å²) in [6, 6.07) is 22.5. The van der Waals surface area contributed by atoms with Crippen molar-refractivity contribution < 1.29 is 12.8 Å². The Kier molecular flexibility index (Phi) is 5.49. The third kappa shape index (κ3) is 4.36. The lowest BCUT2D eigenvalue weighted by atomic mass is 9.91. The van der Waals surface area contributed by atoms with Gasteiger partial charge in [0.05, 0.1) is 4.90 Å². The number of benzene rings is 3. The summed E-state index contributed by atoms with van der Waals surface area (Å²) in [5.41, 5.74) is 2.81. The average Bonchev–Trinajstić information content (AvgIpc) is 2.64. The Labute approximate surface area is 153 Å². The summed E-state index contributed by atoms with van der Waals surface area (Å²) in [4.78, 5) is 0.231. The van der Waals surface area contributed by atoms with Crippen LogP contribution in [0.5, 0.6) is 0 Å². The zero-order valence-electron chi connectivity index (χ0n) is 14.4. The van der Waals surface area contributed by atoms with E-state index in [4.69, 9.17) is 0 Å². The van der Waals surface area contributed by atoms with E-state index < -0.39 is 10.0 Å². The van der Waals surface area contributed by atoms with E-state index >= 15 is 0 Å². The normalized spacial score (nSPS) is 12.7. The molecular formula is C21H20FNO2S. The second-order valence-corrected chi connectivity index (χ2v) is 7.95. The Hall–Kier alpha value is -2.50. The first-order valence-electron chi connectivity index (χ1n) is 8.32. The van der Waals surface area contributed by atoms with Crippen LogP contribution in [-0.4, -0.2) is 15.0 Å². The van der Waals surface area contributed by atoms with Crippen LogP contribution < -0.4 is 4.72 Å². The SMILES string of the molecule is Cc1ccc(S(=O)(=O)NC[C@H](c2ccccc2)c2ccc(F)cc2)cc1. The summed E-state index contributed by atoms with van der Waals surface area (Å²) in [7, 11) is -3.62. The predicted octanol–water partition coefficient (Wildman–Crippen LogP) is 4.24. The first kappa shape index (κ1) is 18.3. The smallest absolute Gasteiger partial charge is 0.210 e. The highest BCUT2D eigenvalue weighted by Crippen LogP contribution is 2.25. The van der Waals surface area contributed by atoms with Gasteiger partial charge in [0.1, 0.15) is 5.82 Å². The van der Waals surface area contributed by atoms with Crippen LogP contribution in [0.1, 0.15) is 22.6 Å². The highest BCUT2D eigenvalue weighted by Gasteiger charge is 2.19. The number of sulfonamides is 1. The van der Waals surface area contributed by atoms with Crippen molar-refractivity contribution in [1.29, 1.82) is 0 Å². The van der Waals surface area contributed by atoms with Gasteiger partial charge in [-0.25, -0.2) is 17.5 Å². The zero-order chi connectivity index (χ0) is 18.6. The lowest BCUT2D eigenvalue weighted by molar-refractivity contribution is 0.577. The topological polar surface area (TPSA) is 46.2 Å². The summed E-state index contributed by atoms with van der Waals surface area (Å²) in [5, 5.41) is 0. The van der Waals surface area contributed by atoms with Crippen LogP contribution in [0, 0.1) is 12.7 Å². The molecule has 0 bridgehead atoms. The van der Waals surface area contributed by atoms with Gasteiger partial charge in [0.25, 0.3) is 0 Å². The number of halogens is 1.